The van der Waals surface area contributed by atoms with Gasteiger partial charge in [0.05, 0.1) is 37.5 Å². The van der Waals surface area contributed by atoms with Crippen LogP contribution < -0.4 is 4.90 Å². The fraction of sp³-hybridized carbons (Fsp3) is 0.353. The Bertz CT molecular complexity index is 729. The average molecular weight is 307 g/mol. The van der Waals surface area contributed by atoms with Crippen molar-refractivity contribution in [3.63, 3.8) is 0 Å². The first-order valence-corrected chi connectivity index (χ1v) is 7.76. The maximum atomic E-state index is 9.13. The molecule has 0 radical (unpaired) electrons. The summed E-state index contributed by atoms with van der Waals surface area (Å²) in [4.78, 5) is 13.1. The predicted molar refractivity (Wildman–Crippen MR) is 85.5 cm³/mol. The lowest BCUT2D eigenvalue weighted by Crippen LogP contribution is -2.51. The van der Waals surface area contributed by atoms with E-state index in [2.05, 4.69) is 16.1 Å². The molecule has 2 fully saturated rings. The van der Waals surface area contributed by atoms with Crippen LogP contribution in [0, 0.1) is 11.5 Å². The largest absolute Gasteiger partial charge is 0.372 e. The number of likely N-dealkylation sites (tertiary alicyclic amines) is 1. The molecule has 2 aromatic rings. The van der Waals surface area contributed by atoms with E-state index in [1.54, 1.807) is 11.1 Å². The number of anilines is 1. The first-order valence-electron chi connectivity index (χ1n) is 7.76. The van der Waals surface area contributed by atoms with Gasteiger partial charge >= 0.3 is 0 Å². The molecule has 23 heavy (non-hydrogen) atoms. The van der Waals surface area contributed by atoms with E-state index in [-0.39, 0.29) is 12.1 Å². The lowest BCUT2D eigenvalue weighted by atomic mass is 10.1. The van der Waals surface area contributed by atoms with Crippen molar-refractivity contribution >= 4 is 5.95 Å². The van der Waals surface area contributed by atoms with Gasteiger partial charge < -0.3 is 14.5 Å². The molecule has 2 saturated heterocycles. The number of aromatic nitrogens is 2. The third kappa shape index (κ3) is 2.60. The molecule has 4 rings (SSSR count). The number of hydrogen-bond acceptors (Lipinski definition) is 6. The second kappa shape index (κ2) is 5.86. The van der Waals surface area contributed by atoms with E-state index >= 15 is 0 Å². The average Bonchev–Trinajstić information content (AvgIpc) is 3.06. The number of morpholine rings is 1. The molecule has 0 spiro atoms. The van der Waals surface area contributed by atoms with E-state index in [0.717, 1.165) is 17.8 Å². The number of ether oxygens (including phenoxy) is 1. The summed E-state index contributed by atoms with van der Waals surface area (Å²) in [7, 11) is 0. The summed E-state index contributed by atoms with van der Waals surface area (Å²) in [5.41, 5.74) is 1.99. The summed E-state index contributed by atoms with van der Waals surface area (Å²) in [6.45, 7) is 2.70. The zero-order valence-electron chi connectivity index (χ0n) is 12.7. The first kappa shape index (κ1) is 14.0. The smallest absolute Gasteiger partial charge is 0.226 e. The molecule has 2 aliphatic rings. The van der Waals surface area contributed by atoms with Crippen LogP contribution in [-0.2, 0) is 4.74 Å². The van der Waals surface area contributed by atoms with E-state index < -0.39 is 0 Å². The van der Waals surface area contributed by atoms with Crippen molar-refractivity contribution in [2.75, 3.05) is 31.1 Å². The van der Waals surface area contributed by atoms with Crippen LogP contribution in [-0.4, -0.2) is 53.3 Å². The Kier molecular flexibility index (Phi) is 3.56. The van der Waals surface area contributed by atoms with Gasteiger partial charge in [0, 0.05) is 18.3 Å². The number of rotatable bonds is 2. The van der Waals surface area contributed by atoms with Gasteiger partial charge in [0.25, 0.3) is 0 Å². The van der Waals surface area contributed by atoms with Crippen molar-refractivity contribution in [1.82, 2.24) is 14.9 Å². The van der Waals surface area contributed by atoms with Crippen LogP contribution in [0.4, 0.5) is 5.95 Å². The molecule has 116 valence electrons. The molecule has 1 aromatic heterocycles. The Morgan fingerprint density at radius 2 is 2.04 bits per heavy atom. The molecule has 0 N–H and O–H groups in total. The number of fused-ring (bicyclic) bond motifs is 1. The van der Waals surface area contributed by atoms with Crippen LogP contribution in [0.15, 0.2) is 42.6 Å². The van der Waals surface area contributed by atoms with Gasteiger partial charge in [-0.1, -0.05) is 30.3 Å². The monoisotopic (exact) mass is 307 g/mol. The normalized spacial score (nSPS) is 23.4. The Labute approximate surface area is 134 Å². The molecular formula is C17H17N5O. The molecule has 0 bridgehead atoms. The number of benzene rings is 1. The molecule has 2 atom stereocenters. The van der Waals surface area contributed by atoms with Crippen LogP contribution in [0.1, 0.15) is 0 Å². The molecule has 0 unspecified atom stereocenters. The molecule has 6 heteroatoms. The van der Waals surface area contributed by atoms with Crippen LogP contribution >= 0.6 is 0 Å². The SMILES string of the molecule is N#CN1C[C@H]2OCCN(c3nccc(-c4ccccc4)n3)[C@H]2C1. The summed E-state index contributed by atoms with van der Waals surface area (Å²) in [5.74, 6) is 0.712. The van der Waals surface area contributed by atoms with E-state index in [9.17, 15) is 0 Å². The third-order valence-corrected chi connectivity index (χ3v) is 4.41. The second-order valence-corrected chi connectivity index (χ2v) is 5.78. The molecule has 6 nitrogen and oxygen atoms in total. The van der Waals surface area contributed by atoms with Crippen LogP contribution in [0.5, 0.6) is 0 Å². The Morgan fingerprint density at radius 1 is 1.17 bits per heavy atom. The van der Waals surface area contributed by atoms with E-state index in [4.69, 9.17) is 15.0 Å². The van der Waals surface area contributed by atoms with Gasteiger partial charge in [0.15, 0.2) is 6.19 Å². The van der Waals surface area contributed by atoms with Crippen molar-refractivity contribution in [1.29, 1.82) is 5.26 Å². The van der Waals surface area contributed by atoms with Crippen LogP contribution in [0.3, 0.4) is 0 Å². The minimum Gasteiger partial charge on any atom is -0.372 e. The van der Waals surface area contributed by atoms with Crippen LogP contribution in [0.2, 0.25) is 0 Å². The minimum absolute atomic E-state index is 0.0485. The number of nitrogens with zero attached hydrogens (tertiary/aromatic N) is 5. The van der Waals surface area contributed by atoms with E-state index in [1.165, 1.54) is 0 Å². The fourth-order valence-corrected chi connectivity index (χ4v) is 3.27. The van der Waals surface area contributed by atoms with Crippen molar-refractivity contribution in [3.05, 3.63) is 42.6 Å². The standard InChI is InChI=1S/C17H17N5O/c18-12-21-10-15-16(11-21)23-9-8-22(15)17-19-7-6-14(20-17)13-4-2-1-3-5-13/h1-7,15-16H,8-11H2/t15-,16+/m0/s1. The van der Waals surface area contributed by atoms with Crippen LogP contribution in [0.25, 0.3) is 11.3 Å². The van der Waals surface area contributed by atoms with Crippen molar-refractivity contribution < 1.29 is 4.74 Å². The quantitative estimate of drug-likeness (QED) is 0.784. The highest BCUT2D eigenvalue weighted by atomic mass is 16.5. The summed E-state index contributed by atoms with van der Waals surface area (Å²) >= 11 is 0. The molecular weight excluding hydrogens is 290 g/mol. The van der Waals surface area contributed by atoms with Gasteiger partial charge in [-0.25, -0.2) is 9.97 Å². The van der Waals surface area contributed by atoms with Gasteiger partial charge in [0.2, 0.25) is 5.95 Å². The summed E-state index contributed by atoms with van der Waals surface area (Å²) in [6, 6.07) is 12.1. The minimum atomic E-state index is 0.0485. The van der Waals surface area contributed by atoms with Gasteiger partial charge in [-0.15, -0.1) is 0 Å². The maximum absolute atomic E-state index is 9.13. The van der Waals surface area contributed by atoms with Crippen molar-refractivity contribution in [3.8, 4) is 17.5 Å². The fourth-order valence-electron chi connectivity index (χ4n) is 3.27. The predicted octanol–water partition coefficient (Wildman–Crippen LogP) is 1.51. The first-order chi connectivity index (χ1) is 11.3. The Morgan fingerprint density at radius 3 is 2.87 bits per heavy atom. The lowest BCUT2D eigenvalue weighted by Gasteiger charge is -2.36. The summed E-state index contributed by atoms with van der Waals surface area (Å²) < 4.78 is 5.81. The molecule has 3 heterocycles. The molecule has 0 aliphatic carbocycles. The second-order valence-electron chi connectivity index (χ2n) is 5.78. The highest BCUT2D eigenvalue weighted by Crippen LogP contribution is 2.27. The van der Waals surface area contributed by atoms with E-state index in [0.29, 0.717) is 25.6 Å². The highest BCUT2D eigenvalue weighted by Gasteiger charge is 2.41. The highest BCUT2D eigenvalue weighted by molar-refractivity contribution is 5.60. The lowest BCUT2D eigenvalue weighted by molar-refractivity contribution is 0.0319. The van der Waals surface area contributed by atoms with Gasteiger partial charge in [0.1, 0.15) is 0 Å². The summed E-state index contributed by atoms with van der Waals surface area (Å²) in [6.07, 6.45) is 4.06. The zero-order valence-corrected chi connectivity index (χ0v) is 12.7. The zero-order chi connectivity index (χ0) is 15.6. The van der Waals surface area contributed by atoms with Crippen molar-refractivity contribution in [2.24, 2.45) is 0 Å². The third-order valence-electron chi connectivity index (χ3n) is 4.41. The maximum Gasteiger partial charge on any atom is 0.226 e. The number of hydrogen-bond donors (Lipinski definition) is 0. The molecule has 0 saturated carbocycles. The van der Waals surface area contributed by atoms with Crippen molar-refractivity contribution in [2.45, 2.75) is 12.1 Å². The van der Waals surface area contributed by atoms with Gasteiger partial charge in [-0.2, -0.15) is 5.26 Å². The molecule has 1 aromatic carbocycles. The molecule has 2 aliphatic heterocycles. The van der Waals surface area contributed by atoms with Gasteiger partial charge in [-0.3, -0.25) is 0 Å². The van der Waals surface area contributed by atoms with Gasteiger partial charge in [-0.05, 0) is 6.07 Å². The Balaban J connectivity index is 1.64. The van der Waals surface area contributed by atoms with E-state index in [1.807, 2.05) is 36.4 Å². The Hall–Kier alpha value is -2.65. The summed E-state index contributed by atoms with van der Waals surface area (Å²) in [5, 5.41) is 9.13. The number of nitriles is 1. The topological polar surface area (TPSA) is 65.3 Å². The molecule has 0 amide bonds.